The minimum absolute atomic E-state index is 0.0329. The van der Waals surface area contributed by atoms with Crippen molar-refractivity contribution in [3.05, 3.63) is 42.0 Å². The van der Waals surface area contributed by atoms with E-state index in [-0.39, 0.29) is 12.5 Å². The zero-order valence-corrected chi connectivity index (χ0v) is 14.0. The fraction of sp³-hybridized carbons (Fsp3) is 0.368. The van der Waals surface area contributed by atoms with E-state index in [1.807, 2.05) is 41.3 Å². The third-order valence-electron chi connectivity index (χ3n) is 4.50. The fourth-order valence-corrected chi connectivity index (χ4v) is 3.07. The molecule has 1 saturated heterocycles. The van der Waals surface area contributed by atoms with Gasteiger partial charge in [0.15, 0.2) is 6.61 Å². The maximum absolute atomic E-state index is 12.4. The first-order valence-corrected chi connectivity index (χ1v) is 8.30. The minimum atomic E-state index is 0.0329. The molecule has 1 aliphatic rings. The second-order valence-electron chi connectivity index (χ2n) is 6.17. The monoisotopic (exact) mass is 325 g/mol. The summed E-state index contributed by atoms with van der Waals surface area (Å²) < 4.78 is 5.82. The molecule has 0 atom stereocenters. The Kier molecular flexibility index (Phi) is 5.11. The number of ether oxygens (including phenoxy) is 1. The van der Waals surface area contributed by atoms with E-state index in [9.17, 15) is 4.79 Å². The third kappa shape index (κ3) is 3.57. The largest absolute Gasteiger partial charge is 0.483 e. The summed E-state index contributed by atoms with van der Waals surface area (Å²) in [5.74, 6) is 0.724. The van der Waals surface area contributed by atoms with Crippen LogP contribution >= 0.6 is 0 Å². The van der Waals surface area contributed by atoms with Crippen LogP contribution < -0.4 is 4.74 Å². The molecule has 2 aromatic rings. The van der Waals surface area contributed by atoms with E-state index in [0.717, 1.165) is 48.9 Å². The summed E-state index contributed by atoms with van der Waals surface area (Å²) in [6.07, 6.45) is 2.34. The molecule has 0 bridgehead atoms. The second-order valence-corrected chi connectivity index (χ2v) is 6.17. The summed E-state index contributed by atoms with van der Waals surface area (Å²) in [7, 11) is 2.08. The molecule has 2 aromatic carbocycles. The van der Waals surface area contributed by atoms with Crippen molar-refractivity contribution in [2.24, 2.45) is 0 Å². The third-order valence-corrected chi connectivity index (χ3v) is 4.50. The van der Waals surface area contributed by atoms with Gasteiger partial charge in [0.2, 0.25) is 0 Å². The van der Waals surface area contributed by atoms with E-state index in [4.69, 9.17) is 10.1 Å². The average Bonchev–Trinajstić information content (AvgIpc) is 2.84. The normalized spacial score (nSPS) is 16.0. The molecule has 1 aliphatic heterocycles. The van der Waals surface area contributed by atoms with Crippen LogP contribution in [0.5, 0.6) is 5.75 Å². The van der Waals surface area contributed by atoms with Gasteiger partial charge in [-0.05, 0) is 37.5 Å². The molecule has 0 saturated carbocycles. The van der Waals surface area contributed by atoms with Crippen LogP contribution in [-0.2, 0) is 4.79 Å². The molecule has 3 rings (SSSR count). The Morgan fingerprint density at radius 1 is 1.12 bits per heavy atom. The van der Waals surface area contributed by atoms with E-state index in [1.165, 1.54) is 6.21 Å². The lowest BCUT2D eigenvalue weighted by molar-refractivity contribution is -0.133. The SMILES string of the molecule is CN1CCCN(C(=O)COc2ccc(C=N)c3ccccc23)CC1. The van der Waals surface area contributed by atoms with Crippen molar-refractivity contribution < 1.29 is 9.53 Å². The molecule has 0 unspecified atom stereocenters. The zero-order valence-electron chi connectivity index (χ0n) is 14.0. The van der Waals surface area contributed by atoms with E-state index >= 15 is 0 Å². The summed E-state index contributed by atoms with van der Waals surface area (Å²) in [5.41, 5.74) is 0.847. The van der Waals surface area contributed by atoms with Crippen LogP contribution in [0.3, 0.4) is 0 Å². The van der Waals surface area contributed by atoms with Crippen molar-refractivity contribution in [3.63, 3.8) is 0 Å². The number of fused-ring (bicyclic) bond motifs is 1. The quantitative estimate of drug-likeness (QED) is 0.878. The molecule has 0 aromatic heterocycles. The van der Waals surface area contributed by atoms with Crippen molar-refractivity contribution in [2.45, 2.75) is 6.42 Å². The Morgan fingerprint density at radius 2 is 1.92 bits per heavy atom. The lowest BCUT2D eigenvalue weighted by Crippen LogP contribution is -2.37. The van der Waals surface area contributed by atoms with Gasteiger partial charge in [0.05, 0.1) is 0 Å². The molecular formula is C19H23N3O2. The number of nitrogens with zero attached hydrogens (tertiary/aromatic N) is 2. The highest BCUT2D eigenvalue weighted by Crippen LogP contribution is 2.27. The molecule has 0 aliphatic carbocycles. The smallest absolute Gasteiger partial charge is 0.260 e. The number of benzene rings is 2. The van der Waals surface area contributed by atoms with Crippen molar-refractivity contribution >= 4 is 22.9 Å². The minimum Gasteiger partial charge on any atom is -0.483 e. The Hall–Kier alpha value is -2.40. The van der Waals surface area contributed by atoms with Crippen molar-refractivity contribution in [1.29, 1.82) is 5.41 Å². The lowest BCUT2D eigenvalue weighted by Gasteiger charge is -2.21. The van der Waals surface area contributed by atoms with Crippen LogP contribution in [-0.4, -0.2) is 61.8 Å². The number of amides is 1. The van der Waals surface area contributed by atoms with Crippen molar-refractivity contribution in [1.82, 2.24) is 9.80 Å². The Morgan fingerprint density at radius 3 is 2.71 bits per heavy atom. The van der Waals surface area contributed by atoms with Crippen molar-refractivity contribution in [2.75, 3.05) is 39.8 Å². The van der Waals surface area contributed by atoms with Crippen LogP contribution in [0.2, 0.25) is 0 Å². The highest BCUT2D eigenvalue weighted by Gasteiger charge is 2.18. The van der Waals surface area contributed by atoms with E-state index in [0.29, 0.717) is 5.75 Å². The van der Waals surface area contributed by atoms with Gasteiger partial charge >= 0.3 is 0 Å². The highest BCUT2D eigenvalue weighted by atomic mass is 16.5. The zero-order chi connectivity index (χ0) is 16.9. The number of rotatable bonds is 4. The number of nitrogens with one attached hydrogen (secondary N) is 1. The van der Waals surface area contributed by atoms with Gasteiger partial charge in [-0.1, -0.05) is 24.3 Å². The maximum atomic E-state index is 12.4. The highest BCUT2D eigenvalue weighted by molar-refractivity contribution is 6.01. The maximum Gasteiger partial charge on any atom is 0.260 e. The van der Waals surface area contributed by atoms with Gasteiger partial charge in [0.1, 0.15) is 5.75 Å². The molecular weight excluding hydrogens is 302 g/mol. The molecule has 126 valence electrons. The van der Waals surface area contributed by atoms with Crippen LogP contribution in [0.1, 0.15) is 12.0 Å². The summed E-state index contributed by atoms with van der Waals surface area (Å²) >= 11 is 0. The standard InChI is InChI=1S/C19H23N3O2/c1-21-9-4-10-22(12-11-21)19(23)14-24-18-8-7-15(13-20)16-5-2-3-6-17(16)18/h2-3,5-8,13,20H,4,9-12,14H2,1H3. The Bertz CT molecular complexity index is 744. The van der Waals surface area contributed by atoms with Crippen LogP contribution in [0.4, 0.5) is 0 Å². The Balaban J connectivity index is 1.71. The van der Waals surface area contributed by atoms with E-state index in [2.05, 4.69) is 11.9 Å². The van der Waals surface area contributed by atoms with E-state index < -0.39 is 0 Å². The first kappa shape index (κ1) is 16.5. The molecule has 5 nitrogen and oxygen atoms in total. The van der Waals surface area contributed by atoms with Crippen LogP contribution in [0.15, 0.2) is 36.4 Å². The Labute approximate surface area is 142 Å². The fourth-order valence-electron chi connectivity index (χ4n) is 3.07. The molecule has 1 amide bonds. The van der Waals surface area contributed by atoms with Gasteiger partial charge in [-0.25, -0.2) is 0 Å². The summed E-state index contributed by atoms with van der Waals surface area (Å²) in [6, 6.07) is 11.5. The first-order valence-electron chi connectivity index (χ1n) is 8.30. The van der Waals surface area contributed by atoms with Gasteiger partial charge in [-0.3, -0.25) is 4.79 Å². The van der Waals surface area contributed by atoms with Gasteiger partial charge in [0, 0.05) is 36.8 Å². The summed E-state index contributed by atoms with van der Waals surface area (Å²) in [5, 5.41) is 9.41. The predicted molar refractivity (Wildman–Crippen MR) is 96.0 cm³/mol. The molecule has 1 heterocycles. The van der Waals surface area contributed by atoms with Gasteiger partial charge < -0.3 is 19.9 Å². The number of likely N-dealkylation sites (N-methyl/N-ethyl adjacent to an activating group) is 1. The van der Waals surface area contributed by atoms with E-state index in [1.54, 1.807) is 0 Å². The van der Waals surface area contributed by atoms with Crippen LogP contribution in [0, 0.1) is 5.41 Å². The lowest BCUT2D eigenvalue weighted by atomic mass is 10.0. The molecule has 1 fully saturated rings. The molecule has 0 spiro atoms. The average molecular weight is 325 g/mol. The van der Waals surface area contributed by atoms with Gasteiger partial charge in [0.25, 0.3) is 5.91 Å². The second kappa shape index (κ2) is 7.45. The summed E-state index contributed by atoms with van der Waals surface area (Å²) in [6.45, 7) is 3.53. The summed E-state index contributed by atoms with van der Waals surface area (Å²) in [4.78, 5) is 16.6. The molecule has 0 radical (unpaired) electrons. The van der Waals surface area contributed by atoms with Gasteiger partial charge in [-0.2, -0.15) is 0 Å². The number of carbonyl (C=O) groups is 1. The molecule has 24 heavy (non-hydrogen) atoms. The van der Waals surface area contributed by atoms with Gasteiger partial charge in [-0.15, -0.1) is 0 Å². The van der Waals surface area contributed by atoms with Crippen molar-refractivity contribution in [3.8, 4) is 5.75 Å². The number of hydrogen-bond donors (Lipinski definition) is 1. The topological polar surface area (TPSA) is 56.6 Å². The molecule has 5 heteroatoms. The first-order chi connectivity index (χ1) is 11.7. The predicted octanol–water partition coefficient (Wildman–Crippen LogP) is 2.38. The molecule has 1 N–H and O–H groups in total. The number of carbonyl (C=O) groups excluding carboxylic acids is 1. The van der Waals surface area contributed by atoms with Crippen LogP contribution in [0.25, 0.3) is 10.8 Å². The number of hydrogen-bond acceptors (Lipinski definition) is 4.